The summed E-state index contributed by atoms with van der Waals surface area (Å²) in [6.07, 6.45) is 0.316. The van der Waals surface area contributed by atoms with Crippen molar-refractivity contribution in [2.75, 3.05) is 26.1 Å². The van der Waals surface area contributed by atoms with Gasteiger partial charge in [0.25, 0.3) is 5.56 Å². The molecule has 38 heavy (non-hydrogen) atoms. The summed E-state index contributed by atoms with van der Waals surface area (Å²) in [5, 5.41) is 13.0. The van der Waals surface area contributed by atoms with Crippen LogP contribution in [0, 0.1) is 5.82 Å². The molecule has 194 valence electrons. The Bertz CT molecular complexity index is 1730. The number of nitrogens with one attached hydrogen (secondary N) is 4. The van der Waals surface area contributed by atoms with Crippen molar-refractivity contribution in [1.82, 2.24) is 25.5 Å². The zero-order chi connectivity index (χ0) is 26.8. The summed E-state index contributed by atoms with van der Waals surface area (Å²) >= 11 is 0. The molecule has 5 rings (SSSR count). The molecular formula is C27H25FN6O4. The fourth-order valence-electron chi connectivity index (χ4n) is 4.35. The van der Waals surface area contributed by atoms with Gasteiger partial charge in [0, 0.05) is 24.6 Å². The summed E-state index contributed by atoms with van der Waals surface area (Å²) in [6, 6.07) is 13.1. The number of anilines is 1. The van der Waals surface area contributed by atoms with E-state index >= 15 is 0 Å². The van der Waals surface area contributed by atoms with Crippen LogP contribution in [0.2, 0.25) is 0 Å². The third kappa shape index (κ3) is 4.73. The molecule has 0 aliphatic rings. The summed E-state index contributed by atoms with van der Waals surface area (Å²) in [4.78, 5) is 31.7. The lowest BCUT2D eigenvalue weighted by atomic mass is 9.98. The number of fused-ring (bicyclic) bond motifs is 2. The van der Waals surface area contributed by atoms with E-state index in [-0.39, 0.29) is 11.6 Å². The second kappa shape index (κ2) is 10.2. The number of carbonyl (C=O) groups is 1. The van der Waals surface area contributed by atoms with E-state index in [1.165, 1.54) is 20.3 Å². The number of H-pyrrole nitrogens is 2. The fraction of sp³-hybridized carbons (Fsp3) is 0.185. The first-order valence-corrected chi connectivity index (χ1v) is 11.9. The van der Waals surface area contributed by atoms with E-state index in [0.29, 0.717) is 69.0 Å². The molecule has 4 N–H and O–H groups in total. The molecule has 0 atom stereocenters. The largest absolute Gasteiger partial charge is 0.497 e. The average molecular weight is 517 g/mol. The third-order valence-corrected chi connectivity index (χ3v) is 6.12. The number of halogens is 1. The first-order valence-electron chi connectivity index (χ1n) is 11.9. The number of rotatable bonds is 7. The highest BCUT2D eigenvalue weighted by atomic mass is 19.1. The Balaban J connectivity index is 1.51. The molecule has 3 aromatic carbocycles. The number of benzene rings is 3. The van der Waals surface area contributed by atoms with Gasteiger partial charge >= 0.3 is 6.03 Å². The first-order chi connectivity index (χ1) is 18.4. The predicted octanol–water partition coefficient (Wildman–Crippen LogP) is 4.35. The maximum Gasteiger partial charge on any atom is 0.321 e. The number of aromatic nitrogens is 4. The predicted molar refractivity (Wildman–Crippen MR) is 142 cm³/mol. The van der Waals surface area contributed by atoms with Gasteiger partial charge in [-0.1, -0.05) is 12.1 Å². The Morgan fingerprint density at radius 1 is 1.08 bits per heavy atom. The van der Waals surface area contributed by atoms with Gasteiger partial charge in [-0.15, -0.1) is 0 Å². The Labute approximate surface area is 216 Å². The molecule has 0 radical (unpaired) electrons. The quantitative estimate of drug-likeness (QED) is 0.254. The Kier molecular flexibility index (Phi) is 6.65. The van der Waals surface area contributed by atoms with Crippen LogP contribution >= 0.6 is 0 Å². The van der Waals surface area contributed by atoms with Crippen LogP contribution in [0.1, 0.15) is 18.2 Å². The standard InChI is InChI=1S/C27H25FN6O4/c1-4-29-27(36)32-26-30-20-8-6-15(11-21(20)31-26)17-9-14(5-7-19(17)28)10-22-24-18(25(35)34-33-22)12-16(37-2)13-23(24)38-3/h5-9,11-13H,4,10H2,1-3H3,(H,34,35)(H3,29,30,31,32,36). The molecule has 10 nitrogen and oxygen atoms in total. The van der Waals surface area contributed by atoms with Gasteiger partial charge in [-0.2, -0.15) is 5.10 Å². The summed E-state index contributed by atoms with van der Waals surface area (Å²) in [5.74, 6) is 0.838. The van der Waals surface area contributed by atoms with Crippen LogP contribution < -0.4 is 25.7 Å². The SMILES string of the molecule is CCNC(=O)Nc1nc2ccc(-c3cc(Cc4n[nH]c(=O)c5cc(OC)cc(OC)c45)ccc3F)cc2[nH]1. The van der Waals surface area contributed by atoms with Gasteiger partial charge in [-0.05, 0) is 48.4 Å². The topological polar surface area (TPSA) is 134 Å². The highest BCUT2D eigenvalue weighted by Gasteiger charge is 2.16. The Morgan fingerprint density at radius 3 is 2.68 bits per heavy atom. The van der Waals surface area contributed by atoms with Crippen molar-refractivity contribution in [2.45, 2.75) is 13.3 Å². The minimum atomic E-state index is -0.394. The van der Waals surface area contributed by atoms with E-state index in [0.717, 1.165) is 5.56 Å². The molecule has 0 aliphatic heterocycles. The molecule has 2 heterocycles. The minimum Gasteiger partial charge on any atom is -0.497 e. The van der Waals surface area contributed by atoms with E-state index in [2.05, 4.69) is 30.8 Å². The van der Waals surface area contributed by atoms with Gasteiger partial charge in [0.1, 0.15) is 17.3 Å². The second-order valence-corrected chi connectivity index (χ2v) is 8.54. The lowest BCUT2D eigenvalue weighted by molar-refractivity contribution is 0.252. The number of urea groups is 1. The molecule has 0 bridgehead atoms. The zero-order valence-corrected chi connectivity index (χ0v) is 20.9. The van der Waals surface area contributed by atoms with Gasteiger partial charge in [-0.3, -0.25) is 10.1 Å². The maximum absolute atomic E-state index is 15.0. The van der Waals surface area contributed by atoms with E-state index in [4.69, 9.17) is 9.47 Å². The van der Waals surface area contributed by atoms with E-state index < -0.39 is 5.82 Å². The Morgan fingerprint density at radius 2 is 1.92 bits per heavy atom. The average Bonchev–Trinajstić information content (AvgIpc) is 3.32. The minimum absolute atomic E-state index is 0.291. The molecule has 11 heteroatoms. The van der Waals surface area contributed by atoms with Crippen LogP contribution in [0.25, 0.3) is 32.9 Å². The lowest BCUT2D eigenvalue weighted by Gasteiger charge is -2.12. The normalized spacial score (nSPS) is 11.1. The number of carbonyl (C=O) groups excluding carboxylic acids is 1. The van der Waals surface area contributed by atoms with E-state index in [9.17, 15) is 14.0 Å². The van der Waals surface area contributed by atoms with Crippen LogP contribution in [0.3, 0.4) is 0 Å². The molecule has 5 aromatic rings. The number of methoxy groups -OCH3 is 2. The number of imidazole rings is 1. The second-order valence-electron chi connectivity index (χ2n) is 8.54. The molecule has 2 amide bonds. The van der Waals surface area contributed by atoms with E-state index in [1.807, 2.05) is 6.92 Å². The van der Waals surface area contributed by atoms with Crippen LogP contribution in [0.4, 0.5) is 15.1 Å². The molecule has 0 spiro atoms. The van der Waals surface area contributed by atoms with Gasteiger partial charge in [0.2, 0.25) is 5.95 Å². The molecular weight excluding hydrogens is 491 g/mol. The summed E-state index contributed by atoms with van der Waals surface area (Å²) < 4.78 is 25.8. The number of hydrogen-bond acceptors (Lipinski definition) is 6. The van der Waals surface area contributed by atoms with Crippen LogP contribution in [-0.2, 0) is 6.42 Å². The van der Waals surface area contributed by atoms with Crippen LogP contribution in [-0.4, -0.2) is 47.0 Å². The van der Waals surface area contributed by atoms with E-state index in [1.54, 1.807) is 42.5 Å². The number of ether oxygens (including phenoxy) is 2. The van der Waals surface area contributed by atoms with Gasteiger partial charge in [-0.25, -0.2) is 19.3 Å². The van der Waals surface area contributed by atoms with Gasteiger partial charge in [0.05, 0.1) is 41.7 Å². The summed E-state index contributed by atoms with van der Waals surface area (Å²) in [5.41, 5.74) is 3.28. The first kappa shape index (κ1) is 24.8. The number of nitrogens with zero attached hydrogens (tertiary/aromatic N) is 2. The number of aromatic amines is 2. The van der Waals surface area contributed by atoms with Crippen LogP contribution in [0.5, 0.6) is 11.5 Å². The third-order valence-electron chi connectivity index (χ3n) is 6.12. The molecule has 0 saturated carbocycles. The van der Waals surface area contributed by atoms with Gasteiger partial charge in [0.15, 0.2) is 0 Å². The summed E-state index contributed by atoms with van der Waals surface area (Å²) in [7, 11) is 3.02. The highest BCUT2D eigenvalue weighted by Crippen LogP contribution is 2.33. The maximum atomic E-state index is 15.0. The van der Waals surface area contributed by atoms with Crippen molar-refractivity contribution in [3.63, 3.8) is 0 Å². The van der Waals surface area contributed by atoms with Crippen molar-refractivity contribution in [1.29, 1.82) is 0 Å². The van der Waals surface area contributed by atoms with Crippen molar-refractivity contribution in [3.8, 4) is 22.6 Å². The molecule has 0 unspecified atom stereocenters. The molecule has 0 fully saturated rings. The van der Waals surface area contributed by atoms with Crippen molar-refractivity contribution < 1.29 is 18.7 Å². The molecule has 0 aliphatic carbocycles. The van der Waals surface area contributed by atoms with Gasteiger partial charge < -0.3 is 19.8 Å². The number of hydrogen-bond donors (Lipinski definition) is 4. The molecule has 0 saturated heterocycles. The monoisotopic (exact) mass is 516 g/mol. The fourth-order valence-corrected chi connectivity index (χ4v) is 4.35. The van der Waals surface area contributed by atoms with Crippen molar-refractivity contribution in [2.24, 2.45) is 0 Å². The van der Waals surface area contributed by atoms with Crippen molar-refractivity contribution >= 4 is 33.8 Å². The highest BCUT2D eigenvalue weighted by molar-refractivity contribution is 5.92. The van der Waals surface area contributed by atoms with Crippen LogP contribution in [0.15, 0.2) is 53.3 Å². The smallest absolute Gasteiger partial charge is 0.321 e. The summed E-state index contributed by atoms with van der Waals surface area (Å²) in [6.45, 7) is 2.30. The zero-order valence-electron chi connectivity index (χ0n) is 20.9. The number of amides is 2. The molecule has 2 aromatic heterocycles. The van der Waals surface area contributed by atoms with Crippen molar-refractivity contribution in [3.05, 3.63) is 76.0 Å². The Hall–Kier alpha value is -4.93. The lowest BCUT2D eigenvalue weighted by Crippen LogP contribution is -2.28.